The van der Waals surface area contributed by atoms with E-state index in [0.717, 1.165) is 18.9 Å². The monoisotopic (exact) mass is 255 g/mol. The first-order chi connectivity index (χ1) is 9.20. The normalized spacial score (nSPS) is 10.5. The highest BCUT2D eigenvalue weighted by Crippen LogP contribution is 2.18. The zero-order valence-electron chi connectivity index (χ0n) is 11.9. The summed E-state index contributed by atoms with van der Waals surface area (Å²) < 4.78 is 0. The third-order valence-corrected chi connectivity index (χ3v) is 3.10. The molecule has 2 rings (SSSR count). The Labute approximate surface area is 115 Å². The third-order valence-electron chi connectivity index (χ3n) is 3.10. The summed E-state index contributed by atoms with van der Waals surface area (Å²) in [6, 6.07) is 12.7. The number of hydrogen-bond donors (Lipinski definition) is 1. The number of pyridine rings is 1. The molecule has 0 spiro atoms. The van der Waals surface area contributed by atoms with Crippen LogP contribution in [0.2, 0.25) is 0 Å². The summed E-state index contributed by atoms with van der Waals surface area (Å²) in [5.74, 6) is 1.04. The Morgan fingerprint density at radius 3 is 2.79 bits per heavy atom. The van der Waals surface area contributed by atoms with Gasteiger partial charge in [0.2, 0.25) is 0 Å². The van der Waals surface area contributed by atoms with Crippen LogP contribution < -0.4 is 10.2 Å². The largest absolute Gasteiger partial charge is 0.355 e. The molecule has 2 aromatic rings. The second-order valence-corrected chi connectivity index (χ2v) is 4.86. The van der Waals surface area contributed by atoms with Gasteiger partial charge in [-0.25, -0.2) is 4.98 Å². The summed E-state index contributed by atoms with van der Waals surface area (Å²) in [6.45, 7) is 3.83. The Balaban J connectivity index is 2.17. The van der Waals surface area contributed by atoms with Crippen molar-refractivity contribution in [3.8, 4) is 0 Å². The van der Waals surface area contributed by atoms with Crippen LogP contribution in [-0.4, -0.2) is 19.1 Å². The average molecular weight is 255 g/mol. The molecular formula is C16H21N3. The van der Waals surface area contributed by atoms with Crippen LogP contribution in [0.15, 0.2) is 42.6 Å². The molecule has 0 bridgehead atoms. The topological polar surface area (TPSA) is 28.2 Å². The van der Waals surface area contributed by atoms with Gasteiger partial charge in [-0.3, -0.25) is 0 Å². The van der Waals surface area contributed by atoms with E-state index in [2.05, 4.69) is 59.5 Å². The van der Waals surface area contributed by atoms with E-state index in [-0.39, 0.29) is 0 Å². The molecule has 0 atom stereocenters. The van der Waals surface area contributed by atoms with E-state index in [0.29, 0.717) is 0 Å². The van der Waals surface area contributed by atoms with E-state index >= 15 is 0 Å². The molecule has 1 heterocycles. The minimum atomic E-state index is 0.835. The highest BCUT2D eigenvalue weighted by Gasteiger charge is 2.08. The molecule has 0 saturated heterocycles. The van der Waals surface area contributed by atoms with Crippen LogP contribution in [-0.2, 0) is 13.1 Å². The molecule has 0 aliphatic carbocycles. The number of rotatable bonds is 5. The first-order valence-electron chi connectivity index (χ1n) is 6.56. The van der Waals surface area contributed by atoms with Crippen molar-refractivity contribution >= 4 is 5.82 Å². The zero-order chi connectivity index (χ0) is 13.7. The van der Waals surface area contributed by atoms with E-state index in [1.54, 1.807) is 0 Å². The second kappa shape index (κ2) is 6.34. The minimum Gasteiger partial charge on any atom is -0.355 e. The maximum absolute atomic E-state index is 4.50. The van der Waals surface area contributed by atoms with Gasteiger partial charge in [0.15, 0.2) is 0 Å². The van der Waals surface area contributed by atoms with Gasteiger partial charge in [-0.2, -0.15) is 0 Å². The van der Waals surface area contributed by atoms with Crippen molar-refractivity contribution in [3.63, 3.8) is 0 Å². The predicted molar refractivity (Wildman–Crippen MR) is 80.3 cm³/mol. The molecule has 0 unspecified atom stereocenters. The van der Waals surface area contributed by atoms with Crippen molar-refractivity contribution in [1.29, 1.82) is 0 Å². The zero-order valence-corrected chi connectivity index (χ0v) is 11.9. The lowest BCUT2D eigenvalue weighted by atomic mass is 10.1. The van der Waals surface area contributed by atoms with Gasteiger partial charge in [0.25, 0.3) is 0 Å². The van der Waals surface area contributed by atoms with Crippen LogP contribution in [0.3, 0.4) is 0 Å². The lowest BCUT2D eigenvalue weighted by molar-refractivity contribution is 0.795. The molecule has 0 aliphatic rings. The van der Waals surface area contributed by atoms with Gasteiger partial charge in [-0.1, -0.05) is 35.9 Å². The number of hydrogen-bond acceptors (Lipinski definition) is 3. The van der Waals surface area contributed by atoms with Crippen molar-refractivity contribution in [2.45, 2.75) is 20.0 Å². The molecule has 0 fully saturated rings. The van der Waals surface area contributed by atoms with E-state index in [9.17, 15) is 0 Å². The molecule has 1 N–H and O–H groups in total. The number of aryl methyl sites for hydroxylation is 1. The van der Waals surface area contributed by atoms with E-state index < -0.39 is 0 Å². The standard InChI is InChI=1S/C16H21N3/c1-13-6-4-7-14(10-13)12-19(3)16-15(11-17-2)8-5-9-18-16/h4-10,17H,11-12H2,1-3H3. The van der Waals surface area contributed by atoms with Gasteiger partial charge in [0.05, 0.1) is 0 Å². The summed E-state index contributed by atoms with van der Waals surface area (Å²) >= 11 is 0. The van der Waals surface area contributed by atoms with Gasteiger partial charge in [-0.05, 0) is 25.6 Å². The molecule has 0 radical (unpaired) electrons. The van der Waals surface area contributed by atoms with Crippen LogP contribution in [0.5, 0.6) is 0 Å². The summed E-state index contributed by atoms with van der Waals surface area (Å²) in [5, 5.41) is 3.19. The summed E-state index contributed by atoms with van der Waals surface area (Å²) in [5.41, 5.74) is 3.83. The number of nitrogens with one attached hydrogen (secondary N) is 1. The Morgan fingerprint density at radius 2 is 2.05 bits per heavy atom. The number of anilines is 1. The second-order valence-electron chi connectivity index (χ2n) is 4.86. The summed E-state index contributed by atoms with van der Waals surface area (Å²) in [6.07, 6.45) is 1.85. The summed E-state index contributed by atoms with van der Waals surface area (Å²) in [7, 11) is 4.04. The highest BCUT2D eigenvalue weighted by atomic mass is 15.2. The van der Waals surface area contributed by atoms with Crippen LogP contribution in [0.4, 0.5) is 5.82 Å². The highest BCUT2D eigenvalue weighted by molar-refractivity contribution is 5.46. The van der Waals surface area contributed by atoms with Gasteiger partial charge < -0.3 is 10.2 Å². The molecule has 0 saturated carbocycles. The van der Waals surface area contributed by atoms with E-state index in [4.69, 9.17) is 0 Å². The maximum Gasteiger partial charge on any atom is 0.133 e. The Hall–Kier alpha value is -1.87. The molecule has 3 nitrogen and oxygen atoms in total. The average Bonchev–Trinajstić information content (AvgIpc) is 2.39. The van der Waals surface area contributed by atoms with Gasteiger partial charge in [0.1, 0.15) is 5.82 Å². The minimum absolute atomic E-state index is 0.835. The van der Waals surface area contributed by atoms with Gasteiger partial charge >= 0.3 is 0 Å². The van der Waals surface area contributed by atoms with Crippen molar-refractivity contribution < 1.29 is 0 Å². The quantitative estimate of drug-likeness (QED) is 0.890. The van der Waals surface area contributed by atoms with Crippen molar-refractivity contribution in [3.05, 3.63) is 59.3 Å². The van der Waals surface area contributed by atoms with Crippen LogP contribution in [0, 0.1) is 6.92 Å². The Bertz CT molecular complexity index is 537. The van der Waals surface area contributed by atoms with Crippen LogP contribution in [0.1, 0.15) is 16.7 Å². The SMILES string of the molecule is CNCc1cccnc1N(C)Cc1cccc(C)c1. The lowest BCUT2D eigenvalue weighted by Crippen LogP contribution is -2.20. The molecule has 0 aliphatic heterocycles. The van der Waals surface area contributed by atoms with Crippen molar-refractivity contribution in [1.82, 2.24) is 10.3 Å². The first-order valence-corrected chi connectivity index (χ1v) is 6.56. The number of aromatic nitrogens is 1. The molecule has 1 aromatic heterocycles. The fourth-order valence-corrected chi connectivity index (χ4v) is 2.26. The smallest absolute Gasteiger partial charge is 0.133 e. The molecule has 1 aromatic carbocycles. The molecule has 100 valence electrons. The van der Waals surface area contributed by atoms with E-state index in [1.165, 1.54) is 16.7 Å². The molecular weight excluding hydrogens is 234 g/mol. The molecule has 0 amide bonds. The van der Waals surface area contributed by atoms with Gasteiger partial charge in [0, 0.05) is 31.9 Å². The molecule has 3 heteroatoms. The fourth-order valence-electron chi connectivity index (χ4n) is 2.26. The lowest BCUT2D eigenvalue weighted by Gasteiger charge is -2.21. The molecule has 19 heavy (non-hydrogen) atoms. The van der Waals surface area contributed by atoms with E-state index in [1.807, 2.05) is 19.3 Å². The number of nitrogens with zero attached hydrogens (tertiary/aromatic N) is 2. The Morgan fingerprint density at radius 1 is 1.21 bits per heavy atom. The number of benzene rings is 1. The van der Waals surface area contributed by atoms with Gasteiger partial charge in [-0.15, -0.1) is 0 Å². The van der Waals surface area contributed by atoms with Crippen LogP contribution in [0.25, 0.3) is 0 Å². The Kier molecular flexibility index (Phi) is 4.53. The summed E-state index contributed by atoms with van der Waals surface area (Å²) in [4.78, 5) is 6.70. The first kappa shape index (κ1) is 13.6. The third kappa shape index (κ3) is 3.55. The van der Waals surface area contributed by atoms with Crippen molar-refractivity contribution in [2.24, 2.45) is 0 Å². The van der Waals surface area contributed by atoms with Crippen LogP contribution >= 0.6 is 0 Å². The maximum atomic E-state index is 4.50. The van der Waals surface area contributed by atoms with Crippen molar-refractivity contribution in [2.75, 3.05) is 19.0 Å². The fraction of sp³-hybridized carbons (Fsp3) is 0.312. The predicted octanol–water partition coefficient (Wildman–Crippen LogP) is 2.75.